The van der Waals surface area contributed by atoms with E-state index in [1.165, 1.54) is 0 Å². The third-order valence-electron chi connectivity index (χ3n) is 5.01. The van der Waals surface area contributed by atoms with Crippen molar-refractivity contribution in [2.24, 2.45) is 0 Å². The first-order chi connectivity index (χ1) is 12.1. The average Bonchev–Trinajstić information content (AvgIpc) is 3.11. The molecule has 0 saturated carbocycles. The number of rotatable bonds is 2. The Morgan fingerprint density at radius 1 is 1.32 bits per heavy atom. The number of benzene rings is 1. The lowest BCUT2D eigenvalue weighted by Gasteiger charge is -2.29. The summed E-state index contributed by atoms with van der Waals surface area (Å²) in [5.41, 5.74) is 2.61. The number of piperidine rings is 1. The summed E-state index contributed by atoms with van der Waals surface area (Å²) in [5, 5.41) is 9.20. The third-order valence-corrected chi connectivity index (χ3v) is 5.56. The number of carbonyl (C=O) groups excluding carboxylic acids is 1. The van der Waals surface area contributed by atoms with Crippen LogP contribution in [0.25, 0.3) is 0 Å². The number of fused-ring (bicyclic) bond motifs is 1. The molecule has 2 aliphatic rings. The molecule has 1 saturated heterocycles. The third kappa shape index (κ3) is 3.41. The molecule has 1 N–H and O–H groups in total. The van der Waals surface area contributed by atoms with E-state index in [1.807, 2.05) is 27.9 Å². The Morgan fingerprint density at radius 2 is 2.20 bits per heavy atom. The molecule has 4 rings (SSSR count). The number of aromatic nitrogens is 2. The van der Waals surface area contributed by atoms with Crippen molar-refractivity contribution in [2.45, 2.75) is 31.8 Å². The van der Waals surface area contributed by atoms with E-state index < -0.39 is 0 Å². The highest BCUT2D eigenvalue weighted by atomic mass is 35.5. The molecule has 0 bridgehead atoms. The normalized spacial score (nSPS) is 20.4. The van der Waals surface area contributed by atoms with Gasteiger partial charge in [-0.15, -0.1) is 0 Å². The van der Waals surface area contributed by atoms with E-state index in [4.69, 9.17) is 23.2 Å². The highest BCUT2D eigenvalue weighted by Crippen LogP contribution is 2.30. The van der Waals surface area contributed by atoms with Crippen LogP contribution in [0.5, 0.6) is 0 Å². The number of carbonyl (C=O) groups is 1. The summed E-state index contributed by atoms with van der Waals surface area (Å²) in [7, 11) is 0. The van der Waals surface area contributed by atoms with Crippen LogP contribution in [0.1, 0.15) is 40.5 Å². The van der Waals surface area contributed by atoms with Crippen LogP contribution in [-0.4, -0.2) is 40.2 Å². The van der Waals surface area contributed by atoms with Crippen molar-refractivity contribution >= 4 is 29.1 Å². The van der Waals surface area contributed by atoms with Gasteiger partial charge >= 0.3 is 0 Å². The van der Waals surface area contributed by atoms with Crippen molar-refractivity contribution in [3.8, 4) is 0 Å². The molecular formula is C18H20Cl2N4O. The zero-order valence-electron chi connectivity index (χ0n) is 13.8. The van der Waals surface area contributed by atoms with Crippen molar-refractivity contribution in [3.05, 3.63) is 51.3 Å². The largest absolute Gasteiger partial charge is 0.333 e. The van der Waals surface area contributed by atoms with E-state index in [0.29, 0.717) is 34.9 Å². The van der Waals surface area contributed by atoms with E-state index in [0.717, 1.165) is 43.5 Å². The molecule has 2 aliphatic heterocycles. The summed E-state index contributed by atoms with van der Waals surface area (Å²) >= 11 is 12.4. The van der Waals surface area contributed by atoms with Crippen molar-refractivity contribution in [2.75, 3.05) is 19.6 Å². The van der Waals surface area contributed by atoms with E-state index in [9.17, 15) is 4.79 Å². The fraction of sp³-hybridized carbons (Fsp3) is 0.444. The minimum absolute atomic E-state index is 0.0377. The molecular weight excluding hydrogens is 359 g/mol. The summed E-state index contributed by atoms with van der Waals surface area (Å²) in [6.07, 6.45) is 4.88. The molecule has 0 spiro atoms. The van der Waals surface area contributed by atoms with E-state index in [2.05, 4.69) is 10.4 Å². The van der Waals surface area contributed by atoms with Crippen molar-refractivity contribution in [3.63, 3.8) is 0 Å². The average molecular weight is 379 g/mol. The number of nitrogens with zero attached hydrogens (tertiary/aromatic N) is 3. The molecule has 25 heavy (non-hydrogen) atoms. The number of nitrogens with one attached hydrogen (secondary N) is 1. The lowest BCUT2D eigenvalue weighted by molar-refractivity contribution is 0.0727. The molecule has 132 valence electrons. The maximum absolute atomic E-state index is 12.8. The van der Waals surface area contributed by atoms with Crippen molar-refractivity contribution < 1.29 is 4.79 Å². The van der Waals surface area contributed by atoms with Crippen LogP contribution in [0.2, 0.25) is 10.0 Å². The summed E-state index contributed by atoms with van der Waals surface area (Å²) in [5.74, 6) is -0.0377. The van der Waals surface area contributed by atoms with Crippen LogP contribution < -0.4 is 5.32 Å². The van der Waals surface area contributed by atoms with Crippen LogP contribution >= 0.6 is 23.2 Å². The highest BCUT2D eigenvalue weighted by molar-refractivity contribution is 6.35. The number of hydrogen-bond donors (Lipinski definition) is 1. The molecule has 1 aromatic heterocycles. The van der Waals surface area contributed by atoms with Gasteiger partial charge in [0.25, 0.3) is 5.91 Å². The quantitative estimate of drug-likeness (QED) is 0.871. The summed E-state index contributed by atoms with van der Waals surface area (Å²) in [4.78, 5) is 14.7. The molecule has 2 aromatic rings. The molecule has 7 heteroatoms. The van der Waals surface area contributed by atoms with Crippen molar-refractivity contribution in [1.82, 2.24) is 20.0 Å². The minimum atomic E-state index is -0.0377. The Labute approximate surface area is 156 Å². The summed E-state index contributed by atoms with van der Waals surface area (Å²) in [6, 6.07) is 5.81. The Balaban J connectivity index is 1.51. The van der Waals surface area contributed by atoms with Crippen LogP contribution in [0.15, 0.2) is 24.4 Å². The van der Waals surface area contributed by atoms with Gasteiger partial charge in [-0.2, -0.15) is 5.10 Å². The molecule has 1 amide bonds. The fourth-order valence-electron chi connectivity index (χ4n) is 3.66. The van der Waals surface area contributed by atoms with Crippen LogP contribution in [0.3, 0.4) is 0 Å². The summed E-state index contributed by atoms with van der Waals surface area (Å²) in [6.45, 7) is 3.13. The molecule has 5 nitrogen and oxygen atoms in total. The first kappa shape index (κ1) is 16.9. The summed E-state index contributed by atoms with van der Waals surface area (Å²) < 4.78 is 1.92. The van der Waals surface area contributed by atoms with Gasteiger partial charge in [0.05, 0.1) is 6.04 Å². The van der Waals surface area contributed by atoms with Gasteiger partial charge in [0, 0.05) is 35.9 Å². The van der Waals surface area contributed by atoms with Crippen LogP contribution in [0.4, 0.5) is 0 Å². The Morgan fingerprint density at radius 3 is 3.00 bits per heavy atom. The highest BCUT2D eigenvalue weighted by Gasteiger charge is 2.26. The lowest BCUT2D eigenvalue weighted by Crippen LogP contribution is -2.36. The topological polar surface area (TPSA) is 50.2 Å². The maximum atomic E-state index is 12.8. The molecule has 1 fully saturated rings. The zero-order chi connectivity index (χ0) is 17.4. The lowest BCUT2D eigenvalue weighted by atomic mass is 9.99. The molecule has 0 radical (unpaired) electrons. The Hall–Kier alpha value is -1.56. The maximum Gasteiger partial charge on any atom is 0.274 e. The molecule has 0 aliphatic carbocycles. The van der Waals surface area contributed by atoms with Crippen molar-refractivity contribution in [1.29, 1.82) is 0 Å². The molecule has 1 atom stereocenters. The van der Waals surface area contributed by atoms with E-state index in [-0.39, 0.29) is 5.91 Å². The first-order valence-corrected chi connectivity index (χ1v) is 9.39. The van der Waals surface area contributed by atoms with Crippen LogP contribution in [-0.2, 0) is 13.0 Å². The number of halogens is 2. The van der Waals surface area contributed by atoms with Gasteiger partial charge in [0.1, 0.15) is 5.69 Å². The SMILES string of the molecule is O=C(c1ccn(C2CCCNC2)n1)N1CCc2c(Cl)cc(Cl)cc2C1. The second-order valence-electron chi connectivity index (χ2n) is 6.68. The van der Waals surface area contributed by atoms with Gasteiger partial charge in [-0.3, -0.25) is 9.48 Å². The second kappa shape index (κ2) is 6.98. The van der Waals surface area contributed by atoms with Gasteiger partial charge in [-0.05, 0) is 55.1 Å². The second-order valence-corrected chi connectivity index (χ2v) is 7.53. The smallest absolute Gasteiger partial charge is 0.274 e. The van der Waals surface area contributed by atoms with Crippen LogP contribution in [0, 0.1) is 0 Å². The molecule has 1 aromatic carbocycles. The van der Waals surface area contributed by atoms with Gasteiger partial charge in [-0.25, -0.2) is 0 Å². The van der Waals surface area contributed by atoms with Gasteiger partial charge in [0.2, 0.25) is 0 Å². The van der Waals surface area contributed by atoms with Gasteiger partial charge < -0.3 is 10.2 Å². The Kier molecular flexibility index (Phi) is 4.71. The monoisotopic (exact) mass is 378 g/mol. The van der Waals surface area contributed by atoms with E-state index >= 15 is 0 Å². The molecule has 1 unspecified atom stereocenters. The molecule has 3 heterocycles. The first-order valence-electron chi connectivity index (χ1n) is 8.64. The van der Waals surface area contributed by atoms with E-state index in [1.54, 1.807) is 6.07 Å². The Bertz CT molecular complexity index is 798. The predicted octanol–water partition coefficient (Wildman–Crippen LogP) is 3.31. The zero-order valence-corrected chi connectivity index (χ0v) is 15.4. The number of amides is 1. The van der Waals surface area contributed by atoms with Gasteiger partial charge in [0.15, 0.2) is 0 Å². The van der Waals surface area contributed by atoms with Gasteiger partial charge in [-0.1, -0.05) is 23.2 Å². The minimum Gasteiger partial charge on any atom is -0.333 e. The fourth-order valence-corrected chi connectivity index (χ4v) is 4.29. The predicted molar refractivity (Wildman–Crippen MR) is 98.3 cm³/mol. The number of hydrogen-bond acceptors (Lipinski definition) is 3. The standard InChI is InChI=1S/C18H20Cl2N4O/c19-13-8-12-11-23(6-3-15(12)16(20)9-13)18(25)17-4-7-24(22-17)14-2-1-5-21-10-14/h4,7-9,14,21H,1-3,5-6,10-11H2.